The van der Waals surface area contributed by atoms with E-state index in [0.29, 0.717) is 11.8 Å². The molecule has 114 valence electrons. The van der Waals surface area contributed by atoms with Crippen LogP contribution < -0.4 is 0 Å². The molecule has 21 heavy (non-hydrogen) atoms. The summed E-state index contributed by atoms with van der Waals surface area (Å²) in [6, 6.07) is 10.5. The highest BCUT2D eigenvalue weighted by Gasteiger charge is 2.29. The van der Waals surface area contributed by atoms with E-state index in [4.69, 9.17) is 5.11 Å². The zero-order valence-electron chi connectivity index (χ0n) is 12.5. The molecule has 0 heterocycles. The average molecular weight is 288 g/mol. The first kappa shape index (κ1) is 15.8. The quantitative estimate of drug-likeness (QED) is 0.811. The zero-order chi connectivity index (χ0) is 15.3. The molecule has 3 unspecified atom stereocenters. The highest BCUT2D eigenvalue weighted by Crippen LogP contribution is 2.38. The standard InChI is InChI=1S/C18H24O3/c1-18(21,17(19)20)13-7-11-15-10-5-6-12-16(15)14-8-3-2-4-9-14/h2-4,7-9,11,15-16,21H,5-6,10,12-13H2,1H3,(H,19,20). The van der Waals surface area contributed by atoms with Gasteiger partial charge in [-0.2, -0.15) is 0 Å². The molecule has 0 spiro atoms. The van der Waals surface area contributed by atoms with Crippen molar-refractivity contribution in [1.29, 1.82) is 0 Å². The predicted molar refractivity (Wildman–Crippen MR) is 83.2 cm³/mol. The van der Waals surface area contributed by atoms with Gasteiger partial charge in [-0.3, -0.25) is 0 Å². The molecule has 0 radical (unpaired) electrons. The largest absolute Gasteiger partial charge is 0.479 e. The molecule has 3 nitrogen and oxygen atoms in total. The molecule has 0 aromatic heterocycles. The molecular weight excluding hydrogens is 264 g/mol. The lowest BCUT2D eigenvalue weighted by Crippen LogP contribution is -2.34. The van der Waals surface area contributed by atoms with Gasteiger partial charge in [0, 0.05) is 6.42 Å². The highest BCUT2D eigenvalue weighted by atomic mass is 16.4. The third kappa shape index (κ3) is 4.18. The Bertz CT molecular complexity index is 490. The number of carbonyl (C=O) groups is 1. The Hall–Kier alpha value is -1.61. The number of rotatable bonds is 5. The van der Waals surface area contributed by atoms with Crippen molar-refractivity contribution in [3.8, 4) is 0 Å². The number of hydrogen-bond acceptors (Lipinski definition) is 2. The Morgan fingerprint density at radius 2 is 1.95 bits per heavy atom. The lowest BCUT2D eigenvalue weighted by atomic mass is 9.75. The first-order chi connectivity index (χ1) is 10.0. The minimum absolute atomic E-state index is 0.153. The number of carboxylic acids is 1. The molecule has 3 heteroatoms. The molecule has 2 N–H and O–H groups in total. The Balaban J connectivity index is 2.04. The van der Waals surface area contributed by atoms with Gasteiger partial charge in [0.1, 0.15) is 0 Å². The number of aliphatic hydroxyl groups is 1. The third-order valence-corrected chi connectivity index (χ3v) is 4.41. The Labute approximate surface area is 126 Å². The summed E-state index contributed by atoms with van der Waals surface area (Å²) in [5.74, 6) is -0.230. The maximum absolute atomic E-state index is 10.9. The summed E-state index contributed by atoms with van der Waals surface area (Å²) in [6.07, 6.45) is 8.86. The Kier molecular flexibility index (Phi) is 5.18. The van der Waals surface area contributed by atoms with E-state index in [1.807, 2.05) is 12.1 Å². The topological polar surface area (TPSA) is 57.5 Å². The van der Waals surface area contributed by atoms with Gasteiger partial charge < -0.3 is 10.2 Å². The zero-order valence-corrected chi connectivity index (χ0v) is 12.5. The van der Waals surface area contributed by atoms with Gasteiger partial charge in [0.05, 0.1) is 0 Å². The van der Waals surface area contributed by atoms with E-state index in [9.17, 15) is 9.90 Å². The smallest absolute Gasteiger partial charge is 0.335 e. The van der Waals surface area contributed by atoms with E-state index in [0.717, 1.165) is 6.42 Å². The van der Waals surface area contributed by atoms with E-state index in [1.165, 1.54) is 31.7 Å². The van der Waals surface area contributed by atoms with Crippen LogP contribution in [-0.4, -0.2) is 21.8 Å². The third-order valence-electron chi connectivity index (χ3n) is 4.41. The first-order valence-electron chi connectivity index (χ1n) is 7.68. The van der Waals surface area contributed by atoms with Crippen LogP contribution in [0.4, 0.5) is 0 Å². The van der Waals surface area contributed by atoms with Crippen LogP contribution in [0.2, 0.25) is 0 Å². The van der Waals surface area contributed by atoms with Gasteiger partial charge >= 0.3 is 5.97 Å². The van der Waals surface area contributed by atoms with E-state index in [1.54, 1.807) is 0 Å². The summed E-state index contributed by atoms with van der Waals surface area (Å²) in [5, 5.41) is 18.7. The van der Waals surface area contributed by atoms with Crippen LogP contribution in [0.3, 0.4) is 0 Å². The number of hydrogen-bond donors (Lipinski definition) is 2. The molecule has 3 atom stereocenters. The van der Waals surface area contributed by atoms with Crippen LogP contribution >= 0.6 is 0 Å². The molecule has 2 rings (SSSR count). The second kappa shape index (κ2) is 6.90. The van der Waals surface area contributed by atoms with Crippen molar-refractivity contribution in [2.24, 2.45) is 5.92 Å². The van der Waals surface area contributed by atoms with Crippen LogP contribution in [0.1, 0.15) is 50.5 Å². The first-order valence-corrected chi connectivity index (χ1v) is 7.68. The molecule has 1 aromatic carbocycles. The van der Waals surface area contributed by atoms with Gasteiger partial charge in [0.25, 0.3) is 0 Å². The average Bonchev–Trinajstić information content (AvgIpc) is 2.48. The maximum atomic E-state index is 10.9. The molecule has 0 amide bonds. The van der Waals surface area contributed by atoms with Gasteiger partial charge in [0.15, 0.2) is 5.60 Å². The van der Waals surface area contributed by atoms with Crippen LogP contribution in [0.5, 0.6) is 0 Å². The molecule has 0 bridgehead atoms. The number of allylic oxidation sites excluding steroid dienone is 1. The van der Waals surface area contributed by atoms with E-state index < -0.39 is 11.6 Å². The Morgan fingerprint density at radius 1 is 1.29 bits per heavy atom. The van der Waals surface area contributed by atoms with Gasteiger partial charge in [-0.05, 0) is 37.2 Å². The lowest BCUT2D eigenvalue weighted by molar-refractivity contribution is -0.156. The monoisotopic (exact) mass is 288 g/mol. The van der Waals surface area contributed by atoms with E-state index in [2.05, 4.69) is 30.3 Å². The predicted octanol–water partition coefficient (Wildman–Crippen LogP) is 3.74. The van der Waals surface area contributed by atoms with Crippen LogP contribution in [0.15, 0.2) is 42.5 Å². The maximum Gasteiger partial charge on any atom is 0.335 e. The van der Waals surface area contributed by atoms with Crippen molar-refractivity contribution >= 4 is 5.97 Å². The van der Waals surface area contributed by atoms with E-state index in [-0.39, 0.29) is 6.42 Å². The Morgan fingerprint density at radius 3 is 2.62 bits per heavy atom. The minimum atomic E-state index is -1.67. The summed E-state index contributed by atoms with van der Waals surface area (Å²) >= 11 is 0. The fourth-order valence-corrected chi connectivity index (χ4v) is 3.06. The number of aliphatic carboxylic acids is 1. The molecule has 1 aliphatic rings. The highest BCUT2D eigenvalue weighted by molar-refractivity contribution is 5.76. The SMILES string of the molecule is CC(O)(CC=CC1CCCCC1c1ccccc1)C(=O)O. The molecule has 1 fully saturated rings. The fraction of sp³-hybridized carbons (Fsp3) is 0.500. The van der Waals surface area contributed by atoms with Gasteiger partial charge in [0.2, 0.25) is 0 Å². The lowest BCUT2D eigenvalue weighted by Gasteiger charge is -2.30. The summed E-state index contributed by atoms with van der Waals surface area (Å²) in [6.45, 7) is 1.34. The van der Waals surface area contributed by atoms with Gasteiger partial charge in [-0.15, -0.1) is 0 Å². The second-order valence-corrected chi connectivity index (χ2v) is 6.18. The molecule has 1 aliphatic carbocycles. The van der Waals surface area contributed by atoms with Crippen molar-refractivity contribution in [2.45, 2.75) is 50.5 Å². The van der Waals surface area contributed by atoms with Crippen LogP contribution in [-0.2, 0) is 4.79 Å². The van der Waals surface area contributed by atoms with Crippen molar-refractivity contribution < 1.29 is 15.0 Å². The molecule has 0 aliphatic heterocycles. The van der Waals surface area contributed by atoms with Gasteiger partial charge in [-0.25, -0.2) is 4.79 Å². The number of carboxylic acid groups (broad SMARTS) is 1. The summed E-state index contributed by atoms with van der Waals surface area (Å²) in [7, 11) is 0. The van der Waals surface area contributed by atoms with Crippen molar-refractivity contribution in [3.63, 3.8) is 0 Å². The normalized spacial score (nSPS) is 25.6. The molecule has 0 saturated heterocycles. The van der Waals surface area contributed by atoms with Crippen molar-refractivity contribution in [1.82, 2.24) is 0 Å². The number of benzene rings is 1. The second-order valence-electron chi connectivity index (χ2n) is 6.18. The van der Waals surface area contributed by atoms with Crippen molar-refractivity contribution in [3.05, 3.63) is 48.0 Å². The van der Waals surface area contributed by atoms with Crippen LogP contribution in [0, 0.1) is 5.92 Å². The molecule has 1 aromatic rings. The summed E-state index contributed by atoms with van der Waals surface area (Å²) < 4.78 is 0. The van der Waals surface area contributed by atoms with E-state index >= 15 is 0 Å². The molecule has 1 saturated carbocycles. The summed E-state index contributed by atoms with van der Waals surface area (Å²) in [4.78, 5) is 10.9. The fourth-order valence-electron chi connectivity index (χ4n) is 3.06. The molecular formula is C18H24O3. The van der Waals surface area contributed by atoms with Crippen LogP contribution in [0.25, 0.3) is 0 Å². The summed E-state index contributed by atoms with van der Waals surface area (Å²) in [5.41, 5.74) is -0.315. The minimum Gasteiger partial charge on any atom is -0.479 e. The van der Waals surface area contributed by atoms with Gasteiger partial charge in [-0.1, -0.05) is 55.3 Å². The van der Waals surface area contributed by atoms with Crippen molar-refractivity contribution in [2.75, 3.05) is 0 Å².